The van der Waals surface area contributed by atoms with E-state index in [2.05, 4.69) is 37.9 Å². The molecule has 0 radical (unpaired) electrons. The average molecular weight is 276 g/mol. The van der Waals surface area contributed by atoms with Gasteiger partial charge in [-0.1, -0.05) is 50.9 Å². The van der Waals surface area contributed by atoms with Gasteiger partial charge in [0.2, 0.25) is 0 Å². The number of hydrogen-bond acceptors (Lipinski definition) is 0. The number of H-pyrrole nitrogens is 1. The molecule has 1 heterocycles. The van der Waals surface area contributed by atoms with Crippen molar-refractivity contribution in [3.8, 4) is 0 Å². The summed E-state index contributed by atoms with van der Waals surface area (Å²) in [6.07, 6.45) is 4.89. The number of para-hydroxylation sites is 1. The SMILES string of the molecule is CCC(C)(C)C1CCc2[nH]c3c(Cl)cccc3c2C1. The van der Waals surface area contributed by atoms with Crippen molar-refractivity contribution in [2.75, 3.05) is 0 Å². The van der Waals surface area contributed by atoms with Crippen LogP contribution in [-0.2, 0) is 12.8 Å². The summed E-state index contributed by atoms with van der Waals surface area (Å²) in [5, 5.41) is 2.18. The predicted octanol–water partition coefficient (Wildman–Crippen LogP) is 5.36. The summed E-state index contributed by atoms with van der Waals surface area (Å²) in [5.41, 5.74) is 4.48. The van der Waals surface area contributed by atoms with Crippen LogP contribution in [0.4, 0.5) is 0 Å². The van der Waals surface area contributed by atoms with Crippen LogP contribution in [0.15, 0.2) is 18.2 Å². The molecule has 2 heteroatoms. The summed E-state index contributed by atoms with van der Waals surface area (Å²) in [4.78, 5) is 3.54. The summed E-state index contributed by atoms with van der Waals surface area (Å²) in [7, 11) is 0. The molecule has 1 aromatic heterocycles. The molecule has 0 bridgehead atoms. The van der Waals surface area contributed by atoms with Crippen molar-refractivity contribution < 1.29 is 0 Å². The summed E-state index contributed by atoms with van der Waals surface area (Å²) >= 11 is 6.30. The van der Waals surface area contributed by atoms with Crippen molar-refractivity contribution in [3.63, 3.8) is 0 Å². The van der Waals surface area contributed by atoms with Crippen LogP contribution >= 0.6 is 11.6 Å². The summed E-state index contributed by atoms with van der Waals surface area (Å²) in [6.45, 7) is 7.12. The number of rotatable bonds is 2. The van der Waals surface area contributed by atoms with Gasteiger partial charge in [-0.15, -0.1) is 0 Å². The molecule has 0 fully saturated rings. The van der Waals surface area contributed by atoms with Gasteiger partial charge in [-0.2, -0.15) is 0 Å². The van der Waals surface area contributed by atoms with E-state index in [1.165, 1.54) is 35.9 Å². The molecule has 0 saturated carbocycles. The van der Waals surface area contributed by atoms with Crippen LogP contribution in [-0.4, -0.2) is 4.98 Å². The summed E-state index contributed by atoms with van der Waals surface area (Å²) in [6, 6.07) is 6.24. The minimum Gasteiger partial charge on any atom is -0.357 e. The summed E-state index contributed by atoms with van der Waals surface area (Å²) < 4.78 is 0. The Morgan fingerprint density at radius 2 is 2.16 bits per heavy atom. The molecule has 0 spiro atoms. The topological polar surface area (TPSA) is 15.8 Å². The number of aromatic amines is 1. The fourth-order valence-electron chi connectivity index (χ4n) is 3.36. The average Bonchev–Trinajstić information content (AvgIpc) is 2.78. The van der Waals surface area contributed by atoms with E-state index in [4.69, 9.17) is 11.6 Å². The molecule has 0 amide bonds. The lowest BCUT2D eigenvalue weighted by Gasteiger charge is -2.36. The first-order valence-corrected chi connectivity index (χ1v) is 7.68. The highest BCUT2D eigenvalue weighted by Crippen LogP contribution is 2.42. The van der Waals surface area contributed by atoms with Crippen LogP contribution in [0.5, 0.6) is 0 Å². The van der Waals surface area contributed by atoms with E-state index in [0.29, 0.717) is 5.41 Å². The van der Waals surface area contributed by atoms with E-state index in [1.54, 1.807) is 0 Å². The molecule has 1 aliphatic carbocycles. The Hall–Kier alpha value is -0.950. The van der Waals surface area contributed by atoms with Crippen LogP contribution in [0.2, 0.25) is 5.02 Å². The third-order valence-corrected chi connectivity index (χ3v) is 5.50. The molecular formula is C17H22ClN. The van der Waals surface area contributed by atoms with E-state index in [0.717, 1.165) is 22.9 Å². The van der Waals surface area contributed by atoms with Gasteiger partial charge in [-0.25, -0.2) is 0 Å². The van der Waals surface area contributed by atoms with Crippen molar-refractivity contribution in [1.29, 1.82) is 0 Å². The minimum absolute atomic E-state index is 0.430. The number of halogens is 1. The molecule has 0 saturated heterocycles. The van der Waals surface area contributed by atoms with Crippen molar-refractivity contribution in [1.82, 2.24) is 4.98 Å². The third kappa shape index (κ3) is 2.08. The predicted molar refractivity (Wildman–Crippen MR) is 82.9 cm³/mol. The van der Waals surface area contributed by atoms with Crippen LogP contribution < -0.4 is 0 Å². The zero-order chi connectivity index (χ0) is 13.6. The first kappa shape index (κ1) is 13.1. The van der Waals surface area contributed by atoms with Gasteiger partial charge in [-0.3, -0.25) is 0 Å². The van der Waals surface area contributed by atoms with E-state index in [9.17, 15) is 0 Å². The number of hydrogen-bond donors (Lipinski definition) is 1. The number of aryl methyl sites for hydroxylation is 1. The number of fused-ring (bicyclic) bond motifs is 3. The van der Waals surface area contributed by atoms with Gasteiger partial charge in [0, 0.05) is 11.1 Å². The molecule has 1 N–H and O–H groups in total. The normalized spacial score (nSPS) is 19.7. The van der Waals surface area contributed by atoms with E-state index in [1.807, 2.05) is 6.07 Å². The maximum absolute atomic E-state index is 6.30. The largest absolute Gasteiger partial charge is 0.357 e. The van der Waals surface area contributed by atoms with Crippen LogP contribution in [0.25, 0.3) is 10.9 Å². The van der Waals surface area contributed by atoms with E-state index in [-0.39, 0.29) is 0 Å². The van der Waals surface area contributed by atoms with E-state index < -0.39 is 0 Å². The molecule has 0 aliphatic heterocycles. The Kier molecular flexibility index (Phi) is 3.13. The zero-order valence-corrected chi connectivity index (χ0v) is 12.8. The number of nitrogens with one attached hydrogen (secondary N) is 1. The van der Waals surface area contributed by atoms with Gasteiger partial charge in [0.25, 0.3) is 0 Å². The van der Waals surface area contributed by atoms with Gasteiger partial charge in [-0.05, 0) is 42.2 Å². The first-order valence-electron chi connectivity index (χ1n) is 7.31. The molecule has 3 rings (SSSR count). The molecule has 1 aromatic carbocycles. The lowest BCUT2D eigenvalue weighted by molar-refractivity contribution is 0.183. The summed E-state index contributed by atoms with van der Waals surface area (Å²) in [5.74, 6) is 0.781. The highest BCUT2D eigenvalue weighted by molar-refractivity contribution is 6.35. The monoisotopic (exact) mass is 275 g/mol. The standard InChI is InChI=1S/C17H22ClN/c1-4-17(2,3)11-8-9-15-13(10-11)12-6-5-7-14(18)16(12)19-15/h5-7,11,19H,4,8-10H2,1-3H3. The smallest absolute Gasteiger partial charge is 0.0648 e. The lowest BCUT2D eigenvalue weighted by atomic mass is 9.69. The molecule has 1 nitrogen and oxygen atoms in total. The zero-order valence-electron chi connectivity index (χ0n) is 12.0. The first-order chi connectivity index (χ1) is 9.03. The van der Waals surface area contributed by atoms with Gasteiger partial charge in [0.15, 0.2) is 0 Å². The minimum atomic E-state index is 0.430. The van der Waals surface area contributed by atoms with Crippen molar-refractivity contribution in [2.24, 2.45) is 11.3 Å². The second-order valence-electron chi connectivity index (χ2n) is 6.53. The van der Waals surface area contributed by atoms with Crippen LogP contribution in [0, 0.1) is 11.3 Å². The fourth-order valence-corrected chi connectivity index (χ4v) is 3.58. The lowest BCUT2D eigenvalue weighted by Crippen LogP contribution is -2.28. The molecule has 1 aliphatic rings. The quantitative estimate of drug-likeness (QED) is 0.759. The second kappa shape index (κ2) is 4.56. The van der Waals surface area contributed by atoms with Gasteiger partial charge < -0.3 is 4.98 Å². The van der Waals surface area contributed by atoms with Crippen molar-refractivity contribution >= 4 is 22.5 Å². The molecule has 19 heavy (non-hydrogen) atoms. The van der Waals surface area contributed by atoms with Crippen LogP contribution in [0.3, 0.4) is 0 Å². The van der Waals surface area contributed by atoms with Gasteiger partial charge in [0.1, 0.15) is 0 Å². The maximum Gasteiger partial charge on any atom is 0.0648 e. The van der Waals surface area contributed by atoms with Crippen molar-refractivity contribution in [2.45, 2.75) is 46.5 Å². The second-order valence-corrected chi connectivity index (χ2v) is 6.93. The molecule has 102 valence electrons. The Bertz CT molecular complexity index is 609. The van der Waals surface area contributed by atoms with Crippen molar-refractivity contribution in [3.05, 3.63) is 34.5 Å². The Morgan fingerprint density at radius 3 is 2.89 bits per heavy atom. The number of aromatic nitrogens is 1. The van der Waals surface area contributed by atoms with Gasteiger partial charge in [0.05, 0.1) is 10.5 Å². The molecular weight excluding hydrogens is 254 g/mol. The fraction of sp³-hybridized carbons (Fsp3) is 0.529. The number of benzene rings is 1. The molecule has 2 aromatic rings. The maximum atomic E-state index is 6.30. The van der Waals surface area contributed by atoms with E-state index >= 15 is 0 Å². The van der Waals surface area contributed by atoms with Crippen LogP contribution in [0.1, 0.15) is 44.9 Å². The third-order valence-electron chi connectivity index (χ3n) is 5.19. The highest BCUT2D eigenvalue weighted by atomic mass is 35.5. The van der Waals surface area contributed by atoms with Gasteiger partial charge >= 0.3 is 0 Å². The Morgan fingerprint density at radius 1 is 1.37 bits per heavy atom. The molecule has 1 unspecified atom stereocenters. The highest BCUT2D eigenvalue weighted by Gasteiger charge is 2.32. The molecule has 1 atom stereocenters. The Balaban J connectivity index is 2.05. The Labute approximate surface area is 120 Å².